The molecule has 2 unspecified atom stereocenters. The van der Waals surface area contributed by atoms with Gasteiger partial charge < -0.3 is 15.8 Å². The molecule has 112 valence electrons. The molecule has 6 heteroatoms. The minimum atomic E-state index is 0.441. The van der Waals surface area contributed by atoms with Crippen LogP contribution in [0.4, 0.5) is 11.5 Å². The lowest BCUT2D eigenvalue weighted by Crippen LogP contribution is -2.27. The van der Waals surface area contributed by atoms with E-state index in [1.165, 1.54) is 25.6 Å². The molecule has 1 aliphatic rings. The molecular weight excluding hydrogens is 272 g/mol. The van der Waals surface area contributed by atoms with Crippen molar-refractivity contribution in [3.63, 3.8) is 0 Å². The highest BCUT2D eigenvalue weighted by atomic mass is 32.2. The smallest absolute Gasteiger partial charge is 0.242 e. The maximum Gasteiger partial charge on any atom is 0.242 e. The Bertz CT molecular complexity index is 430. The lowest BCUT2D eigenvalue weighted by atomic mass is 10.2. The molecule has 3 N–H and O–H groups in total. The highest BCUT2D eigenvalue weighted by Gasteiger charge is 2.28. The fraction of sp³-hybridized carbons (Fsp3) is 0.714. The molecule has 5 nitrogen and oxygen atoms in total. The summed E-state index contributed by atoms with van der Waals surface area (Å²) in [6, 6.07) is 0.441. The van der Waals surface area contributed by atoms with Gasteiger partial charge in [-0.25, -0.2) is 4.98 Å². The van der Waals surface area contributed by atoms with Gasteiger partial charge in [0.1, 0.15) is 12.0 Å². The van der Waals surface area contributed by atoms with Gasteiger partial charge in [0, 0.05) is 11.3 Å². The lowest BCUT2D eigenvalue weighted by molar-refractivity contribution is 0.306. The van der Waals surface area contributed by atoms with E-state index in [-0.39, 0.29) is 0 Å². The van der Waals surface area contributed by atoms with Crippen LogP contribution in [0.25, 0.3) is 0 Å². The molecule has 0 radical (unpaired) electrons. The van der Waals surface area contributed by atoms with Gasteiger partial charge in [-0.15, -0.1) is 0 Å². The average Bonchev–Trinajstić information content (AvgIpc) is 2.88. The molecule has 1 aromatic heterocycles. The monoisotopic (exact) mass is 296 g/mol. The normalized spacial score (nSPS) is 21.9. The predicted molar refractivity (Wildman–Crippen MR) is 85.4 cm³/mol. The Morgan fingerprint density at radius 2 is 2.25 bits per heavy atom. The average molecular weight is 296 g/mol. The van der Waals surface area contributed by atoms with Crippen molar-refractivity contribution in [1.82, 2.24) is 9.97 Å². The second-order valence-electron chi connectivity index (χ2n) is 4.97. The van der Waals surface area contributed by atoms with Crippen LogP contribution in [0.3, 0.4) is 0 Å². The minimum absolute atomic E-state index is 0.441. The largest absolute Gasteiger partial charge is 0.476 e. The van der Waals surface area contributed by atoms with E-state index in [0.717, 1.165) is 12.2 Å². The van der Waals surface area contributed by atoms with Crippen LogP contribution in [0.1, 0.15) is 39.5 Å². The number of nitrogen functional groups attached to an aromatic ring is 1. The summed E-state index contributed by atoms with van der Waals surface area (Å²) in [4.78, 5) is 8.37. The van der Waals surface area contributed by atoms with Crippen molar-refractivity contribution >= 4 is 23.3 Å². The van der Waals surface area contributed by atoms with Crippen LogP contribution in [-0.4, -0.2) is 33.6 Å². The molecular formula is C14H24N4OS. The first-order chi connectivity index (χ1) is 9.76. The molecule has 0 aliphatic heterocycles. The van der Waals surface area contributed by atoms with E-state index in [1.54, 1.807) is 0 Å². The molecule has 0 amide bonds. The van der Waals surface area contributed by atoms with E-state index < -0.39 is 0 Å². The van der Waals surface area contributed by atoms with Crippen molar-refractivity contribution in [3.8, 4) is 5.88 Å². The standard InChI is InChI=1S/C14H24N4OS/c1-3-8-19-14-12(15)13(16-9-17-14)18-10-6-5-7-11(10)20-4-2/h9-11H,3-8,15H2,1-2H3,(H,16,17,18). The summed E-state index contributed by atoms with van der Waals surface area (Å²) in [5.41, 5.74) is 6.62. The molecule has 1 aliphatic carbocycles. The molecule has 1 aromatic rings. The number of hydrogen-bond acceptors (Lipinski definition) is 6. The summed E-state index contributed by atoms with van der Waals surface area (Å²) in [7, 11) is 0. The maximum absolute atomic E-state index is 6.10. The van der Waals surface area contributed by atoms with Crippen LogP contribution in [0.5, 0.6) is 5.88 Å². The Kier molecular flexibility index (Phi) is 5.76. The van der Waals surface area contributed by atoms with Gasteiger partial charge in [-0.05, 0) is 25.0 Å². The Balaban J connectivity index is 2.05. The molecule has 0 aromatic carbocycles. The first kappa shape index (κ1) is 15.2. The molecule has 0 bridgehead atoms. The first-order valence-corrected chi connectivity index (χ1v) is 8.42. The van der Waals surface area contributed by atoms with Crippen molar-refractivity contribution in [2.75, 3.05) is 23.4 Å². The Hall–Kier alpha value is -1.17. The summed E-state index contributed by atoms with van der Waals surface area (Å²) in [5.74, 6) is 2.34. The number of nitrogens with two attached hydrogens (primary N) is 1. The highest BCUT2D eigenvalue weighted by molar-refractivity contribution is 7.99. The zero-order valence-corrected chi connectivity index (χ0v) is 13.1. The second kappa shape index (κ2) is 7.57. The first-order valence-electron chi connectivity index (χ1n) is 7.37. The van der Waals surface area contributed by atoms with Gasteiger partial charge >= 0.3 is 0 Å². The fourth-order valence-electron chi connectivity index (χ4n) is 2.49. The number of ether oxygens (including phenoxy) is 1. The minimum Gasteiger partial charge on any atom is -0.476 e. The topological polar surface area (TPSA) is 73.1 Å². The van der Waals surface area contributed by atoms with Crippen LogP contribution in [-0.2, 0) is 0 Å². The quantitative estimate of drug-likeness (QED) is 0.806. The van der Waals surface area contributed by atoms with Gasteiger partial charge in [0.05, 0.1) is 6.61 Å². The van der Waals surface area contributed by atoms with Gasteiger partial charge in [-0.1, -0.05) is 20.3 Å². The van der Waals surface area contributed by atoms with E-state index in [1.807, 2.05) is 11.8 Å². The number of nitrogens with zero attached hydrogens (tertiary/aromatic N) is 2. The fourth-order valence-corrected chi connectivity index (χ4v) is 3.69. The molecule has 0 spiro atoms. The number of aromatic nitrogens is 2. The maximum atomic E-state index is 6.10. The van der Waals surface area contributed by atoms with Crippen molar-refractivity contribution in [2.45, 2.75) is 50.8 Å². The van der Waals surface area contributed by atoms with Crippen LogP contribution < -0.4 is 15.8 Å². The number of hydrogen-bond donors (Lipinski definition) is 2. The lowest BCUT2D eigenvalue weighted by Gasteiger charge is -2.21. The molecule has 1 saturated carbocycles. The molecule has 1 heterocycles. The third kappa shape index (κ3) is 3.69. The summed E-state index contributed by atoms with van der Waals surface area (Å²) in [5, 5.41) is 4.13. The Morgan fingerprint density at radius 3 is 3.00 bits per heavy atom. The van der Waals surface area contributed by atoms with Crippen molar-refractivity contribution in [3.05, 3.63) is 6.33 Å². The van der Waals surface area contributed by atoms with E-state index in [0.29, 0.717) is 35.3 Å². The molecule has 2 atom stereocenters. The Labute approximate surface area is 125 Å². The summed E-state index contributed by atoms with van der Waals surface area (Å²) in [6.07, 6.45) is 6.15. The van der Waals surface area contributed by atoms with Crippen molar-refractivity contribution < 1.29 is 4.74 Å². The van der Waals surface area contributed by atoms with Crippen LogP contribution >= 0.6 is 11.8 Å². The van der Waals surface area contributed by atoms with Gasteiger partial charge in [-0.2, -0.15) is 16.7 Å². The van der Waals surface area contributed by atoms with E-state index in [2.05, 4.69) is 29.1 Å². The summed E-state index contributed by atoms with van der Waals surface area (Å²) in [6.45, 7) is 4.88. The van der Waals surface area contributed by atoms with Gasteiger partial charge in [0.15, 0.2) is 5.82 Å². The summed E-state index contributed by atoms with van der Waals surface area (Å²) < 4.78 is 5.54. The summed E-state index contributed by atoms with van der Waals surface area (Å²) >= 11 is 2.01. The molecule has 2 rings (SSSR count). The molecule has 1 fully saturated rings. The SMILES string of the molecule is CCCOc1ncnc(NC2CCCC2SCC)c1N. The van der Waals surface area contributed by atoms with E-state index in [4.69, 9.17) is 10.5 Å². The van der Waals surface area contributed by atoms with Crippen molar-refractivity contribution in [1.29, 1.82) is 0 Å². The molecule has 0 saturated heterocycles. The van der Waals surface area contributed by atoms with Crippen LogP contribution in [0.2, 0.25) is 0 Å². The zero-order valence-electron chi connectivity index (χ0n) is 12.3. The predicted octanol–water partition coefficient (Wildman–Crippen LogP) is 2.93. The Morgan fingerprint density at radius 1 is 1.40 bits per heavy atom. The van der Waals surface area contributed by atoms with Crippen LogP contribution in [0, 0.1) is 0 Å². The number of nitrogens with one attached hydrogen (secondary N) is 1. The third-order valence-electron chi connectivity index (χ3n) is 3.45. The zero-order chi connectivity index (χ0) is 14.4. The van der Waals surface area contributed by atoms with E-state index in [9.17, 15) is 0 Å². The van der Waals surface area contributed by atoms with Gasteiger partial charge in [0.2, 0.25) is 5.88 Å². The van der Waals surface area contributed by atoms with Crippen LogP contribution in [0.15, 0.2) is 6.33 Å². The number of anilines is 2. The number of rotatable bonds is 7. The van der Waals surface area contributed by atoms with Gasteiger partial charge in [-0.3, -0.25) is 0 Å². The highest BCUT2D eigenvalue weighted by Crippen LogP contribution is 2.34. The third-order valence-corrected chi connectivity index (χ3v) is 4.77. The second-order valence-corrected chi connectivity index (χ2v) is 6.48. The molecule has 20 heavy (non-hydrogen) atoms. The van der Waals surface area contributed by atoms with Crippen molar-refractivity contribution in [2.24, 2.45) is 0 Å². The van der Waals surface area contributed by atoms with E-state index >= 15 is 0 Å². The number of thioether (sulfide) groups is 1. The van der Waals surface area contributed by atoms with Gasteiger partial charge in [0.25, 0.3) is 0 Å².